The zero-order valence-corrected chi connectivity index (χ0v) is 16.9. The van der Waals surface area contributed by atoms with Crippen LogP contribution in [0.2, 0.25) is 0 Å². The highest BCUT2D eigenvalue weighted by Crippen LogP contribution is 2.39. The maximum atomic E-state index is 12.6. The molecule has 0 saturated carbocycles. The number of aryl methyl sites for hydroxylation is 2. The van der Waals surface area contributed by atoms with E-state index < -0.39 is 0 Å². The third-order valence-electron chi connectivity index (χ3n) is 4.46. The molecule has 28 heavy (non-hydrogen) atoms. The van der Waals surface area contributed by atoms with Gasteiger partial charge in [-0.2, -0.15) is 0 Å². The largest absolute Gasteiger partial charge is 0.497 e. The number of benzene rings is 1. The Hall–Kier alpha value is -2.78. The zero-order chi connectivity index (χ0) is 19.7. The molecule has 2 amide bonds. The van der Waals surface area contributed by atoms with Gasteiger partial charge in [0.15, 0.2) is 10.3 Å². The first-order valence-electron chi connectivity index (χ1n) is 8.71. The van der Waals surface area contributed by atoms with Crippen LogP contribution in [0.5, 0.6) is 5.75 Å². The molecule has 144 valence electrons. The van der Waals surface area contributed by atoms with Crippen LogP contribution in [0.1, 0.15) is 39.0 Å². The third kappa shape index (κ3) is 3.76. The summed E-state index contributed by atoms with van der Waals surface area (Å²) in [5.41, 5.74) is 2.15. The van der Waals surface area contributed by atoms with Crippen molar-refractivity contribution in [2.75, 3.05) is 17.7 Å². The summed E-state index contributed by atoms with van der Waals surface area (Å²) in [6, 6.07) is 6.86. The van der Waals surface area contributed by atoms with Gasteiger partial charge in [0.2, 0.25) is 5.91 Å². The van der Waals surface area contributed by atoms with Crippen LogP contribution in [0.15, 0.2) is 29.6 Å². The van der Waals surface area contributed by atoms with E-state index in [1.54, 1.807) is 31.4 Å². The van der Waals surface area contributed by atoms with Crippen molar-refractivity contribution in [1.82, 2.24) is 9.97 Å². The van der Waals surface area contributed by atoms with E-state index in [0.717, 1.165) is 29.1 Å². The lowest BCUT2D eigenvalue weighted by atomic mass is 10.1. The Balaban J connectivity index is 1.45. The Morgan fingerprint density at radius 1 is 1.14 bits per heavy atom. The number of methoxy groups -OCH3 is 1. The number of nitrogens with one attached hydrogen (secondary N) is 2. The van der Waals surface area contributed by atoms with Crippen LogP contribution in [0.25, 0.3) is 0 Å². The molecule has 0 aliphatic heterocycles. The quantitative estimate of drug-likeness (QED) is 0.662. The normalized spacial score (nSPS) is 15.1. The van der Waals surface area contributed by atoms with E-state index in [0.29, 0.717) is 21.6 Å². The molecule has 2 aromatic heterocycles. The van der Waals surface area contributed by atoms with Crippen LogP contribution >= 0.6 is 22.7 Å². The van der Waals surface area contributed by atoms with Gasteiger partial charge in [-0.05, 0) is 44.0 Å². The van der Waals surface area contributed by atoms with E-state index in [4.69, 9.17) is 4.74 Å². The van der Waals surface area contributed by atoms with Crippen molar-refractivity contribution >= 4 is 44.8 Å². The highest BCUT2D eigenvalue weighted by Gasteiger charge is 2.33. The molecule has 1 unspecified atom stereocenters. The monoisotopic (exact) mass is 414 g/mol. The number of aromatic nitrogens is 2. The summed E-state index contributed by atoms with van der Waals surface area (Å²) in [4.78, 5) is 34.9. The van der Waals surface area contributed by atoms with Crippen molar-refractivity contribution in [2.45, 2.75) is 25.7 Å². The van der Waals surface area contributed by atoms with Gasteiger partial charge in [-0.15, -0.1) is 22.7 Å². The molecule has 0 radical (unpaired) electrons. The minimum absolute atomic E-state index is 0.105. The number of nitrogens with zero attached hydrogens (tertiary/aromatic N) is 2. The molecule has 1 aliphatic rings. The maximum absolute atomic E-state index is 12.6. The second-order valence-corrected chi connectivity index (χ2v) is 8.33. The number of carbonyl (C=O) groups excluding carboxylic acids is 2. The van der Waals surface area contributed by atoms with E-state index in [2.05, 4.69) is 20.6 Å². The molecule has 2 heterocycles. The van der Waals surface area contributed by atoms with Gasteiger partial charge >= 0.3 is 0 Å². The van der Waals surface area contributed by atoms with Gasteiger partial charge in [-0.1, -0.05) is 0 Å². The van der Waals surface area contributed by atoms with Gasteiger partial charge in [-0.3, -0.25) is 14.9 Å². The summed E-state index contributed by atoms with van der Waals surface area (Å²) in [6.45, 7) is 1.89. The van der Waals surface area contributed by atoms with Crippen LogP contribution in [-0.2, 0) is 11.2 Å². The molecule has 0 saturated heterocycles. The Labute approximate surface area is 169 Å². The molecule has 3 aromatic rings. The fourth-order valence-corrected chi connectivity index (χ4v) is 4.78. The van der Waals surface area contributed by atoms with Crippen molar-refractivity contribution in [3.05, 3.63) is 51.5 Å². The Morgan fingerprint density at radius 2 is 1.93 bits per heavy atom. The molecule has 1 atom stereocenters. The van der Waals surface area contributed by atoms with Gasteiger partial charge in [0.25, 0.3) is 5.91 Å². The standard InChI is InChI=1S/C19H18N4O3S2/c1-10-9-27-18(20-10)23-17(25)13-7-8-14-15(13)21-19(28-14)22-16(24)11-3-5-12(26-2)6-4-11/h3-6,9,13H,7-8H2,1-2H3,(H,20,23,25)(H,21,22,24). The van der Waals surface area contributed by atoms with E-state index in [9.17, 15) is 9.59 Å². The first kappa shape index (κ1) is 18.6. The number of thiazole rings is 2. The predicted molar refractivity (Wildman–Crippen MR) is 110 cm³/mol. The summed E-state index contributed by atoms with van der Waals surface area (Å²) in [7, 11) is 1.58. The van der Waals surface area contributed by atoms with Crippen molar-refractivity contribution < 1.29 is 14.3 Å². The van der Waals surface area contributed by atoms with Gasteiger partial charge in [0.1, 0.15) is 5.75 Å². The number of ether oxygens (including phenoxy) is 1. The molecular weight excluding hydrogens is 396 g/mol. The summed E-state index contributed by atoms with van der Waals surface area (Å²) >= 11 is 2.83. The minimum atomic E-state index is -0.318. The van der Waals surface area contributed by atoms with Crippen LogP contribution in [0.4, 0.5) is 10.3 Å². The first-order chi connectivity index (χ1) is 13.5. The van der Waals surface area contributed by atoms with E-state index in [-0.39, 0.29) is 17.7 Å². The Morgan fingerprint density at radius 3 is 2.61 bits per heavy atom. The van der Waals surface area contributed by atoms with Crippen LogP contribution in [-0.4, -0.2) is 28.9 Å². The average molecular weight is 415 g/mol. The van der Waals surface area contributed by atoms with Gasteiger partial charge in [0, 0.05) is 15.8 Å². The second-order valence-electron chi connectivity index (χ2n) is 6.38. The molecule has 1 aliphatic carbocycles. The van der Waals surface area contributed by atoms with Crippen molar-refractivity contribution in [1.29, 1.82) is 0 Å². The zero-order valence-electron chi connectivity index (χ0n) is 15.3. The van der Waals surface area contributed by atoms with Gasteiger partial charge < -0.3 is 10.1 Å². The number of carbonyl (C=O) groups is 2. The minimum Gasteiger partial charge on any atom is -0.497 e. The molecule has 9 heteroatoms. The fraction of sp³-hybridized carbons (Fsp3) is 0.263. The maximum Gasteiger partial charge on any atom is 0.257 e. The summed E-state index contributed by atoms with van der Waals surface area (Å²) in [5.74, 6) is 0.0249. The number of rotatable bonds is 5. The number of fused-ring (bicyclic) bond motifs is 1. The molecule has 0 fully saturated rings. The highest BCUT2D eigenvalue weighted by atomic mass is 32.1. The number of hydrogen-bond acceptors (Lipinski definition) is 7. The lowest BCUT2D eigenvalue weighted by Crippen LogP contribution is -2.20. The highest BCUT2D eigenvalue weighted by molar-refractivity contribution is 7.16. The summed E-state index contributed by atoms with van der Waals surface area (Å²) in [6.07, 6.45) is 1.50. The number of hydrogen-bond donors (Lipinski definition) is 2. The van der Waals surface area contributed by atoms with Crippen LogP contribution in [0, 0.1) is 6.92 Å². The second kappa shape index (κ2) is 7.69. The molecule has 7 nitrogen and oxygen atoms in total. The smallest absolute Gasteiger partial charge is 0.257 e. The number of amides is 2. The third-order valence-corrected chi connectivity index (χ3v) is 6.38. The van der Waals surface area contributed by atoms with E-state index in [1.807, 2.05) is 12.3 Å². The molecule has 1 aromatic carbocycles. The predicted octanol–water partition coefficient (Wildman–Crippen LogP) is 3.84. The molecule has 0 spiro atoms. The summed E-state index contributed by atoms with van der Waals surface area (Å²) < 4.78 is 5.10. The Bertz CT molecular complexity index is 1030. The summed E-state index contributed by atoms with van der Waals surface area (Å²) in [5, 5.41) is 8.69. The van der Waals surface area contributed by atoms with Gasteiger partial charge in [0.05, 0.1) is 24.4 Å². The molecule has 0 bridgehead atoms. The van der Waals surface area contributed by atoms with Crippen molar-refractivity contribution in [3.8, 4) is 5.75 Å². The van der Waals surface area contributed by atoms with Crippen molar-refractivity contribution in [3.63, 3.8) is 0 Å². The van der Waals surface area contributed by atoms with E-state index in [1.165, 1.54) is 22.7 Å². The molecule has 2 N–H and O–H groups in total. The first-order valence-corrected chi connectivity index (χ1v) is 10.4. The fourth-order valence-electron chi connectivity index (χ4n) is 3.05. The van der Waals surface area contributed by atoms with Gasteiger partial charge in [-0.25, -0.2) is 9.97 Å². The van der Waals surface area contributed by atoms with Crippen molar-refractivity contribution in [2.24, 2.45) is 0 Å². The lowest BCUT2D eigenvalue weighted by Gasteiger charge is -2.08. The van der Waals surface area contributed by atoms with E-state index >= 15 is 0 Å². The molecule has 4 rings (SSSR count). The van der Waals surface area contributed by atoms with Crippen LogP contribution < -0.4 is 15.4 Å². The number of anilines is 2. The lowest BCUT2D eigenvalue weighted by molar-refractivity contribution is -0.117. The van der Waals surface area contributed by atoms with Crippen LogP contribution in [0.3, 0.4) is 0 Å². The molecular formula is C19H18N4O3S2. The average Bonchev–Trinajstić information content (AvgIpc) is 3.37. The SMILES string of the molecule is COc1ccc(C(=O)Nc2nc3c(s2)CCC3C(=O)Nc2nc(C)cs2)cc1. The topological polar surface area (TPSA) is 93.2 Å². The Kier molecular flexibility index (Phi) is 5.10.